The van der Waals surface area contributed by atoms with Crippen molar-refractivity contribution in [2.24, 2.45) is 29.0 Å². The topological polar surface area (TPSA) is 197 Å². The maximum atomic E-state index is 14.5. The van der Waals surface area contributed by atoms with Gasteiger partial charge in [-0.15, -0.1) is 0 Å². The molecule has 0 fully saturated rings. The second-order valence-electron chi connectivity index (χ2n) is 15.6. The zero-order chi connectivity index (χ0) is 43.3. The lowest BCUT2D eigenvalue weighted by molar-refractivity contribution is -0.142. The van der Waals surface area contributed by atoms with E-state index < -0.39 is 41.5 Å². The number of amides is 2. The van der Waals surface area contributed by atoms with Crippen LogP contribution in [0.3, 0.4) is 0 Å². The molecule has 4 atom stereocenters. The second kappa shape index (κ2) is 21.5. The summed E-state index contributed by atoms with van der Waals surface area (Å²) >= 11 is 0. The molecule has 4 aromatic rings. The van der Waals surface area contributed by atoms with Crippen LogP contribution in [-0.2, 0) is 32.0 Å². The Morgan fingerprint density at radius 3 is 2.00 bits per heavy atom. The Hall–Kier alpha value is -5.69. The van der Waals surface area contributed by atoms with Crippen molar-refractivity contribution < 1.29 is 33.4 Å². The highest BCUT2D eigenvalue weighted by molar-refractivity contribution is 6.00. The Labute approximate surface area is 353 Å². The largest absolute Gasteiger partial charge is 0.492 e. The molecule has 0 saturated carbocycles. The summed E-state index contributed by atoms with van der Waals surface area (Å²) in [5.41, 5.74) is 23.9. The van der Waals surface area contributed by atoms with Gasteiger partial charge in [-0.1, -0.05) is 80.9 Å². The van der Waals surface area contributed by atoms with Crippen LogP contribution in [0.4, 0.5) is 0 Å². The molecular formula is C48H59N5O7. The highest BCUT2D eigenvalue weighted by atomic mass is 16.5. The predicted octanol–water partition coefficient (Wildman–Crippen LogP) is 5.61. The van der Waals surface area contributed by atoms with E-state index in [-0.39, 0.29) is 63.7 Å². The van der Waals surface area contributed by atoms with Crippen molar-refractivity contribution in [2.75, 3.05) is 39.9 Å². The number of carbonyl (C=O) groups is 5. The molecule has 12 nitrogen and oxygen atoms in total. The summed E-state index contributed by atoms with van der Waals surface area (Å²) in [5.74, 6) is -2.75. The SMILES string of the molecule is CCCCc1ccc(-c2ccc(C(=O)C[C@@H](CN)C(=O)N(C)[C@@H]3C(=O)C[C@@H](C)C(=O)N[C@H](C(C)=O)Cc4ccc(OCCN)c(c4)-c4cc3ccc4OCCN)cc2)cc1. The molecule has 12 heteroatoms. The Kier molecular flexibility index (Phi) is 16.3. The van der Waals surface area contributed by atoms with E-state index in [2.05, 4.69) is 36.5 Å². The van der Waals surface area contributed by atoms with E-state index in [0.29, 0.717) is 33.8 Å². The number of ether oxygens (including phenoxy) is 2. The van der Waals surface area contributed by atoms with Crippen LogP contribution in [0, 0.1) is 11.8 Å². The third-order valence-electron chi connectivity index (χ3n) is 11.0. The third kappa shape index (κ3) is 11.3. The number of nitrogens with zero attached hydrogens (tertiary/aromatic N) is 1. The van der Waals surface area contributed by atoms with Gasteiger partial charge in [0, 0.05) is 62.1 Å². The summed E-state index contributed by atoms with van der Waals surface area (Å²) in [6.07, 6.45) is 3.08. The molecule has 5 rings (SSSR count). The molecule has 0 spiro atoms. The summed E-state index contributed by atoms with van der Waals surface area (Å²) in [4.78, 5) is 70.3. The number of hydrogen-bond acceptors (Lipinski definition) is 10. The van der Waals surface area contributed by atoms with Gasteiger partial charge < -0.3 is 36.9 Å². The van der Waals surface area contributed by atoms with Crippen LogP contribution in [-0.4, -0.2) is 80.0 Å². The molecule has 0 aromatic heterocycles. The van der Waals surface area contributed by atoms with E-state index in [1.54, 1.807) is 43.3 Å². The first kappa shape index (κ1) is 45.4. The zero-order valence-electron chi connectivity index (χ0n) is 35.2. The number of unbranched alkanes of at least 4 members (excludes halogenated alkanes) is 1. The van der Waals surface area contributed by atoms with Crippen LogP contribution in [0.25, 0.3) is 22.3 Å². The van der Waals surface area contributed by atoms with Gasteiger partial charge in [-0.3, -0.25) is 24.0 Å². The van der Waals surface area contributed by atoms with Gasteiger partial charge in [0.15, 0.2) is 17.3 Å². The molecule has 0 radical (unpaired) electrons. The minimum atomic E-state index is -1.19. The fourth-order valence-electron chi connectivity index (χ4n) is 7.53. The Morgan fingerprint density at radius 1 is 0.817 bits per heavy atom. The maximum absolute atomic E-state index is 14.5. The summed E-state index contributed by atoms with van der Waals surface area (Å²) < 4.78 is 12.2. The quantitative estimate of drug-likeness (QED) is 0.0973. The summed E-state index contributed by atoms with van der Waals surface area (Å²) in [6, 6.07) is 24.3. The van der Waals surface area contributed by atoms with E-state index in [0.717, 1.165) is 36.0 Å². The molecule has 4 aromatic carbocycles. The maximum Gasteiger partial charge on any atom is 0.228 e. The van der Waals surface area contributed by atoms with Crippen LogP contribution in [0.15, 0.2) is 84.9 Å². The average molecular weight is 818 g/mol. The smallest absolute Gasteiger partial charge is 0.228 e. The van der Waals surface area contributed by atoms with Gasteiger partial charge in [-0.2, -0.15) is 0 Å². The van der Waals surface area contributed by atoms with Crippen LogP contribution in [0.2, 0.25) is 0 Å². The molecule has 1 aliphatic rings. The number of rotatable bonds is 17. The van der Waals surface area contributed by atoms with E-state index in [4.69, 9.17) is 26.7 Å². The molecule has 7 N–H and O–H groups in total. The van der Waals surface area contributed by atoms with Gasteiger partial charge in [-0.05, 0) is 78.3 Å². The van der Waals surface area contributed by atoms with E-state index in [1.165, 1.54) is 24.4 Å². The van der Waals surface area contributed by atoms with E-state index >= 15 is 0 Å². The van der Waals surface area contributed by atoms with Crippen molar-refractivity contribution in [1.82, 2.24) is 10.2 Å². The number of likely N-dealkylation sites (N-methyl/N-ethyl adjacent to an activating group) is 1. The fourth-order valence-corrected chi connectivity index (χ4v) is 7.53. The number of aryl methyl sites for hydroxylation is 1. The van der Waals surface area contributed by atoms with Gasteiger partial charge in [0.1, 0.15) is 30.8 Å². The van der Waals surface area contributed by atoms with Gasteiger partial charge in [0.2, 0.25) is 11.8 Å². The number of nitrogens with one attached hydrogen (secondary N) is 1. The Bertz CT molecular complexity index is 2140. The highest BCUT2D eigenvalue weighted by Crippen LogP contribution is 2.41. The van der Waals surface area contributed by atoms with Crippen molar-refractivity contribution in [3.8, 4) is 33.8 Å². The zero-order valence-corrected chi connectivity index (χ0v) is 35.2. The average Bonchev–Trinajstić information content (AvgIpc) is 3.25. The molecule has 0 saturated heterocycles. The summed E-state index contributed by atoms with van der Waals surface area (Å²) in [7, 11) is 1.51. The monoisotopic (exact) mass is 817 g/mol. The number of nitrogens with two attached hydrogens (primary N) is 3. The number of Topliss-reactive ketones (excluding diaryl/α,β-unsaturated/α-hetero) is 3. The Morgan fingerprint density at radius 2 is 1.42 bits per heavy atom. The van der Waals surface area contributed by atoms with Crippen molar-refractivity contribution in [3.63, 3.8) is 0 Å². The van der Waals surface area contributed by atoms with Crippen LogP contribution < -0.4 is 32.0 Å². The van der Waals surface area contributed by atoms with Gasteiger partial charge in [0.05, 0.1) is 12.0 Å². The molecule has 60 heavy (non-hydrogen) atoms. The van der Waals surface area contributed by atoms with Gasteiger partial charge in [0.25, 0.3) is 0 Å². The number of benzene rings is 4. The number of hydrogen-bond donors (Lipinski definition) is 4. The lowest BCUT2D eigenvalue weighted by atomic mass is 9.88. The first-order valence-corrected chi connectivity index (χ1v) is 20.8. The van der Waals surface area contributed by atoms with E-state index in [9.17, 15) is 24.0 Å². The van der Waals surface area contributed by atoms with Crippen LogP contribution in [0.5, 0.6) is 11.5 Å². The van der Waals surface area contributed by atoms with Crippen molar-refractivity contribution in [2.45, 2.75) is 71.4 Å². The van der Waals surface area contributed by atoms with Gasteiger partial charge >= 0.3 is 0 Å². The van der Waals surface area contributed by atoms with Crippen molar-refractivity contribution >= 4 is 29.2 Å². The first-order valence-electron chi connectivity index (χ1n) is 20.8. The minimum absolute atomic E-state index is 0.144. The minimum Gasteiger partial charge on any atom is -0.492 e. The molecule has 1 aliphatic heterocycles. The first-order chi connectivity index (χ1) is 28.9. The number of carbonyl (C=O) groups excluding carboxylic acids is 5. The summed E-state index contributed by atoms with van der Waals surface area (Å²) in [5, 5.41) is 2.84. The van der Waals surface area contributed by atoms with Crippen molar-refractivity contribution in [3.05, 3.63) is 107 Å². The molecule has 2 amide bonds. The molecule has 1 heterocycles. The predicted molar refractivity (Wildman–Crippen MR) is 234 cm³/mol. The van der Waals surface area contributed by atoms with Crippen molar-refractivity contribution in [1.29, 1.82) is 0 Å². The lowest BCUT2D eigenvalue weighted by Crippen LogP contribution is -2.45. The molecule has 0 aliphatic carbocycles. The lowest BCUT2D eigenvalue weighted by Gasteiger charge is -2.32. The van der Waals surface area contributed by atoms with E-state index in [1.807, 2.05) is 24.3 Å². The number of fused-ring (bicyclic) bond motifs is 5. The number of ketones is 3. The second-order valence-corrected chi connectivity index (χ2v) is 15.6. The molecule has 0 unspecified atom stereocenters. The summed E-state index contributed by atoms with van der Waals surface area (Å²) in [6.45, 7) is 5.95. The highest BCUT2D eigenvalue weighted by Gasteiger charge is 2.36. The molecular weight excluding hydrogens is 759 g/mol. The Balaban J connectivity index is 1.50. The van der Waals surface area contributed by atoms with Crippen LogP contribution >= 0.6 is 0 Å². The van der Waals surface area contributed by atoms with Crippen LogP contribution in [0.1, 0.15) is 79.5 Å². The standard InChI is InChI=1S/C48H59N5O7/c1-5-6-7-32-8-11-34(12-9-32)35-13-15-36(16-14-35)42(55)28-38(29-51)48(58)53(4)46-37-17-19-45(60-23-21-50)40(27-37)39-25-33(10-18-44(39)59-22-20-49)26-41(31(3)54)52-47(57)30(2)24-43(46)56/h8-19,25,27,30,38,41,46H,5-7,20-24,26,28-29,49-51H2,1-4H3,(H,52,57)/t30-,38+,41+,46+/m1/s1. The normalized spacial score (nSPS) is 17.2. The molecule has 318 valence electrons. The fraction of sp³-hybridized carbons (Fsp3) is 0.396. The van der Waals surface area contributed by atoms with Gasteiger partial charge in [-0.25, -0.2) is 0 Å². The molecule has 4 bridgehead atoms. The third-order valence-corrected chi connectivity index (χ3v) is 11.0.